The summed E-state index contributed by atoms with van der Waals surface area (Å²) >= 11 is 1.92. The first kappa shape index (κ1) is 22.7. The Bertz CT molecular complexity index is 1410. The number of aryl methyl sites for hydroxylation is 2. The molecule has 35 heavy (non-hydrogen) atoms. The van der Waals surface area contributed by atoms with Crippen LogP contribution in [0.15, 0.2) is 18.6 Å². The first-order valence-corrected chi connectivity index (χ1v) is 13.6. The summed E-state index contributed by atoms with van der Waals surface area (Å²) in [6.07, 6.45) is 5.82. The lowest BCUT2D eigenvalue weighted by atomic mass is 9.89. The van der Waals surface area contributed by atoms with Gasteiger partial charge in [-0.2, -0.15) is 5.10 Å². The highest BCUT2D eigenvalue weighted by Crippen LogP contribution is 2.46. The Morgan fingerprint density at radius 2 is 1.94 bits per heavy atom. The molecular weight excluding hydrogens is 456 g/mol. The molecule has 1 N–H and O–H groups in total. The van der Waals surface area contributed by atoms with Crippen LogP contribution in [0.2, 0.25) is 0 Å². The highest BCUT2D eigenvalue weighted by atomic mass is 32.1. The number of pyridine rings is 1. The summed E-state index contributed by atoms with van der Waals surface area (Å²) in [5.74, 6) is 1.51. The van der Waals surface area contributed by atoms with E-state index in [-0.39, 0.29) is 5.92 Å². The van der Waals surface area contributed by atoms with E-state index in [1.165, 1.54) is 31.9 Å². The van der Waals surface area contributed by atoms with E-state index in [4.69, 9.17) is 0 Å². The van der Waals surface area contributed by atoms with Crippen LogP contribution in [0.1, 0.15) is 60.1 Å². The van der Waals surface area contributed by atoms with Crippen LogP contribution >= 0.6 is 11.3 Å². The topological polar surface area (TPSA) is 69.5 Å². The van der Waals surface area contributed by atoms with Crippen molar-refractivity contribution in [3.63, 3.8) is 0 Å². The fourth-order valence-corrected chi connectivity index (χ4v) is 7.55. The highest BCUT2D eigenvalue weighted by molar-refractivity contribution is 7.19. The molecule has 2 aliphatic rings. The van der Waals surface area contributed by atoms with Crippen LogP contribution in [0.5, 0.6) is 0 Å². The van der Waals surface area contributed by atoms with Crippen molar-refractivity contribution in [2.75, 3.05) is 33.2 Å². The third-order valence-electron chi connectivity index (χ3n) is 7.98. The number of nitrogens with zero attached hydrogens (tertiary/aromatic N) is 5. The number of likely N-dealkylation sites (tertiary alicyclic amines) is 2. The molecule has 0 bridgehead atoms. The van der Waals surface area contributed by atoms with Gasteiger partial charge in [-0.05, 0) is 68.3 Å². The average molecular weight is 491 g/mol. The molecule has 2 fully saturated rings. The molecule has 2 aliphatic heterocycles. The molecule has 0 atom stereocenters. The van der Waals surface area contributed by atoms with Crippen molar-refractivity contribution >= 4 is 33.1 Å². The Labute approximate surface area is 210 Å². The number of fused-ring (bicyclic) bond motifs is 2. The number of H-pyrrole nitrogens is 1. The van der Waals surface area contributed by atoms with Crippen molar-refractivity contribution in [2.24, 2.45) is 5.92 Å². The number of rotatable bonds is 4. The van der Waals surface area contributed by atoms with Crippen LogP contribution in [-0.2, 0) is 4.79 Å². The average Bonchev–Trinajstić information content (AvgIpc) is 3.51. The molecule has 4 aromatic heterocycles. The third kappa shape index (κ3) is 3.69. The fraction of sp³-hybridized carbons (Fsp3) is 0.519. The zero-order chi connectivity index (χ0) is 24.4. The molecule has 0 aliphatic carbocycles. The van der Waals surface area contributed by atoms with E-state index in [2.05, 4.69) is 71.9 Å². The lowest BCUT2D eigenvalue weighted by Gasteiger charge is -2.40. The molecule has 6 rings (SSSR count). The minimum Gasteiger partial charge on any atom is -0.346 e. The Morgan fingerprint density at radius 3 is 2.63 bits per heavy atom. The van der Waals surface area contributed by atoms with E-state index in [1.807, 2.05) is 15.9 Å². The maximum atomic E-state index is 12.8. The van der Waals surface area contributed by atoms with Gasteiger partial charge in [0.25, 0.3) is 0 Å². The van der Waals surface area contributed by atoms with Gasteiger partial charge in [-0.1, -0.05) is 13.8 Å². The Kier molecular flexibility index (Phi) is 5.49. The van der Waals surface area contributed by atoms with Crippen LogP contribution in [0.3, 0.4) is 0 Å². The lowest BCUT2D eigenvalue weighted by molar-refractivity contribution is -0.141. The molecule has 0 saturated carbocycles. The number of nitrogens with one attached hydrogen (secondary N) is 1. The quantitative estimate of drug-likeness (QED) is 0.440. The lowest BCUT2D eigenvalue weighted by Crippen LogP contribution is -2.53. The van der Waals surface area contributed by atoms with Gasteiger partial charge in [0.1, 0.15) is 11.2 Å². The van der Waals surface area contributed by atoms with Crippen molar-refractivity contribution in [3.05, 3.63) is 40.2 Å². The van der Waals surface area contributed by atoms with Crippen molar-refractivity contribution in [2.45, 2.75) is 52.4 Å². The fourth-order valence-electron chi connectivity index (χ4n) is 6.15. The number of amides is 1. The van der Waals surface area contributed by atoms with Crippen LogP contribution in [0.4, 0.5) is 0 Å². The number of carbonyl (C=O) groups is 1. The number of hydrogen-bond acceptors (Lipinski definition) is 5. The first-order valence-electron chi connectivity index (χ1n) is 12.7. The predicted octanol–water partition coefficient (Wildman–Crippen LogP) is 4.95. The smallest absolute Gasteiger partial charge is 0.228 e. The maximum Gasteiger partial charge on any atom is 0.228 e. The summed E-state index contributed by atoms with van der Waals surface area (Å²) in [7, 11) is 2.09. The van der Waals surface area contributed by atoms with Gasteiger partial charge in [-0.15, -0.1) is 11.3 Å². The van der Waals surface area contributed by atoms with Gasteiger partial charge in [0.2, 0.25) is 5.91 Å². The van der Waals surface area contributed by atoms with Gasteiger partial charge in [0.05, 0.1) is 11.6 Å². The van der Waals surface area contributed by atoms with Crippen molar-refractivity contribution in [3.8, 4) is 11.3 Å². The molecule has 7 nitrogen and oxygen atoms in total. The van der Waals surface area contributed by atoms with Gasteiger partial charge in [0.15, 0.2) is 5.65 Å². The summed E-state index contributed by atoms with van der Waals surface area (Å²) in [6.45, 7) is 12.6. The predicted molar refractivity (Wildman–Crippen MR) is 141 cm³/mol. The van der Waals surface area contributed by atoms with Gasteiger partial charge < -0.3 is 14.8 Å². The Hall–Kier alpha value is -2.71. The number of piperidine rings is 1. The van der Waals surface area contributed by atoms with Gasteiger partial charge in [0, 0.05) is 48.2 Å². The number of hydrogen-bond donors (Lipinski definition) is 1. The summed E-state index contributed by atoms with van der Waals surface area (Å²) in [4.78, 5) is 28.1. The van der Waals surface area contributed by atoms with Gasteiger partial charge in [-0.25, -0.2) is 9.50 Å². The molecule has 2 saturated heterocycles. The van der Waals surface area contributed by atoms with E-state index in [0.29, 0.717) is 17.7 Å². The van der Waals surface area contributed by atoms with E-state index in [0.717, 1.165) is 55.8 Å². The van der Waals surface area contributed by atoms with Gasteiger partial charge in [-0.3, -0.25) is 4.79 Å². The van der Waals surface area contributed by atoms with E-state index >= 15 is 0 Å². The highest BCUT2D eigenvalue weighted by Gasteiger charge is 2.35. The molecule has 0 aromatic carbocycles. The Balaban J connectivity index is 1.30. The van der Waals surface area contributed by atoms with Crippen molar-refractivity contribution < 1.29 is 4.79 Å². The molecule has 1 amide bonds. The minimum atomic E-state index is 0.213. The summed E-state index contributed by atoms with van der Waals surface area (Å²) in [5, 5.41) is 5.77. The van der Waals surface area contributed by atoms with Crippen molar-refractivity contribution in [1.82, 2.24) is 29.4 Å². The molecule has 6 heterocycles. The number of aromatic nitrogens is 4. The maximum absolute atomic E-state index is 12.8. The SMILES string of the molecule is Cc1c(C2CCN(C(=O)C3CN(C)C3)CC2)sc2[nH]c(-c3cc(C)c4ncnn4c3)c(C(C)C)c12. The minimum absolute atomic E-state index is 0.213. The van der Waals surface area contributed by atoms with Crippen LogP contribution in [0, 0.1) is 19.8 Å². The molecule has 184 valence electrons. The van der Waals surface area contributed by atoms with E-state index in [9.17, 15) is 4.79 Å². The number of carbonyl (C=O) groups excluding carboxylic acids is 1. The van der Waals surface area contributed by atoms with Crippen LogP contribution in [-0.4, -0.2) is 68.5 Å². The standard InChI is InChI=1S/C27H34N6OS/c1-15(2)21-22-17(4)24(18-6-8-32(9-7-18)27(34)20-11-31(5)12-20)35-26(22)30-23(21)19-10-16(3)25-28-14-29-33(25)13-19/h10,13-15,18,20,30H,6-9,11-12H2,1-5H3. The second-order valence-electron chi connectivity index (χ2n) is 10.8. The zero-order valence-corrected chi connectivity index (χ0v) is 22.1. The van der Waals surface area contributed by atoms with Crippen molar-refractivity contribution in [1.29, 1.82) is 0 Å². The van der Waals surface area contributed by atoms with Crippen LogP contribution < -0.4 is 0 Å². The normalized spacial score (nSPS) is 18.3. The molecule has 0 spiro atoms. The second-order valence-corrected chi connectivity index (χ2v) is 11.9. The zero-order valence-electron chi connectivity index (χ0n) is 21.3. The van der Waals surface area contributed by atoms with Crippen LogP contribution in [0.25, 0.3) is 27.1 Å². The summed E-state index contributed by atoms with van der Waals surface area (Å²) in [6, 6.07) is 2.22. The van der Waals surface area contributed by atoms with Gasteiger partial charge >= 0.3 is 0 Å². The molecule has 0 radical (unpaired) electrons. The third-order valence-corrected chi connectivity index (χ3v) is 9.35. The van der Waals surface area contributed by atoms with E-state index in [1.54, 1.807) is 6.33 Å². The molecular formula is C27H34N6OS. The molecule has 0 unspecified atom stereocenters. The Morgan fingerprint density at radius 1 is 1.20 bits per heavy atom. The molecule has 4 aromatic rings. The summed E-state index contributed by atoms with van der Waals surface area (Å²) < 4.78 is 1.87. The largest absolute Gasteiger partial charge is 0.346 e. The number of thiophene rings is 1. The van der Waals surface area contributed by atoms with E-state index < -0.39 is 0 Å². The summed E-state index contributed by atoms with van der Waals surface area (Å²) in [5.41, 5.74) is 7.19. The first-order chi connectivity index (χ1) is 16.8. The second kappa shape index (κ2) is 8.45. The monoisotopic (exact) mass is 490 g/mol. The number of aromatic amines is 1. The molecule has 8 heteroatoms.